The average molecular weight is 367 g/mol. The molecule has 0 aromatic heterocycles. The van der Waals surface area contributed by atoms with Gasteiger partial charge in [0, 0.05) is 37.1 Å². The minimum absolute atomic E-state index is 0.0505. The summed E-state index contributed by atoms with van der Waals surface area (Å²) in [6.07, 6.45) is 0. The molecule has 2 aromatic rings. The van der Waals surface area contributed by atoms with Crippen LogP contribution in [0.25, 0.3) is 0 Å². The zero-order valence-electron chi connectivity index (χ0n) is 15.9. The predicted octanol–water partition coefficient (Wildman–Crippen LogP) is 3.67. The zero-order valence-corrected chi connectivity index (χ0v) is 15.9. The fourth-order valence-electron chi connectivity index (χ4n) is 2.24. The van der Waals surface area contributed by atoms with Gasteiger partial charge in [-0.05, 0) is 48.9 Å². The molecule has 27 heavy (non-hydrogen) atoms. The van der Waals surface area contributed by atoms with Gasteiger partial charge >= 0.3 is 0 Å². The highest BCUT2D eigenvalue weighted by Gasteiger charge is 2.07. The molecule has 2 aromatic carbocycles. The Balaban J connectivity index is 1.86. The van der Waals surface area contributed by atoms with E-state index in [2.05, 4.69) is 17.2 Å². The number of hydrogen-bond donors (Lipinski definition) is 2. The van der Waals surface area contributed by atoms with Gasteiger partial charge in [0.25, 0.3) is 0 Å². The average Bonchev–Trinajstić information content (AvgIpc) is 2.65. The molecule has 0 atom stereocenters. The second-order valence-corrected chi connectivity index (χ2v) is 6.30. The first-order valence-electron chi connectivity index (χ1n) is 8.60. The van der Waals surface area contributed by atoms with Crippen LogP contribution < -0.4 is 20.3 Å². The molecule has 0 fully saturated rings. The lowest BCUT2D eigenvalue weighted by atomic mass is 10.2. The van der Waals surface area contributed by atoms with Crippen LogP contribution in [-0.4, -0.2) is 32.0 Å². The van der Waals surface area contributed by atoms with Crippen molar-refractivity contribution in [3.63, 3.8) is 0 Å². The number of amides is 2. The number of ether oxygens (including phenoxy) is 1. The van der Waals surface area contributed by atoms with E-state index in [0.29, 0.717) is 18.0 Å². The van der Waals surface area contributed by atoms with Crippen molar-refractivity contribution in [2.24, 2.45) is 0 Å². The van der Waals surface area contributed by atoms with Crippen LogP contribution in [0.2, 0.25) is 0 Å². The van der Waals surface area contributed by atoms with Gasteiger partial charge < -0.3 is 20.3 Å². The summed E-state index contributed by atoms with van der Waals surface area (Å²) in [5, 5.41) is 5.88. The zero-order chi connectivity index (χ0) is 19.8. The second-order valence-electron chi connectivity index (χ2n) is 6.30. The highest BCUT2D eigenvalue weighted by molar-refractivity contribution is 5.95. The quantitative estimate of drug-likeness (QED) is 0.699. The first-order chi connectivity index (χ1) is 12.8. The van der Waals surface area contributed by atoms with Gasteiger partial charge in [-0.25, -0.2) is 0 Å². The molecule has 2 rings (SSSR count). The Morgan fingerprint density at radius 1 is 1.07 bits per heavy atom. The fraction of sp³-hybridized carbons (Fsp3) is 0.238. The molecule has 2 amide bonds. The first kappa shape index (κ1) is 20.0. The molecule has 0 aliphatic carbocycles. The van der Waals surface area contributed by atoms with E-state index in [9.17, 15) is 9.59 Å². The van der Waals surface area contributed by atoms with E-state index >= 15 is 0 Å². The molecule has 142 valence electrons. The Bertz CT molecular complexity index is 816. The largest absolute Gasteiger partial charge is 0.489 e. The summed E-state index contributed by atoms with van der Waals surface area (Å²) in [6.45, 7) is 7.78. The van der Waals surface area contributed by atoms with Crippen LogP contribution >= 0.6 is 0 Å². The maximum absolute atomic E-state index is 12.1. The number of rotatable bonds is 8. The number of nitrogens with zero attached hydrogens (tertiary/aromatic N) is 1. The third-order valence-electron chi connectivity index (χ3n) is 3.78. The Morgan fingerprint density at radius 2 is 1.78 bits per heavy atom. The Hall–Kier alpha value is -3.28. The van der Waals surface area contributed by atoms with Gasteiger partial charge in [0.2, 0.25) is 11.8 Å². The van der Waals surface area contributed by atoms with Gasteiger partial charge in [0.1, 0.15) is 12.4 Å². The minimum Gasteiger partial charge on any atom is -0.489 e. The molecule has 6 heteroatoms. The molecule has 0 heterocycles. The van der Waals surface area contributed by atoms with Crippen molar-refractivity contribution in [3.05, 3.63) is 60.7 Å². The van der Waals surface area contributed by atoms with Gasteiger partial charge in [0.15, 0.2) is 0 Å². The molecular formula is C21H25N3O3. The van der Waals surface area contributed by atoms with E-state index < -0.39 is 0 Å². The summed E-state index contributed by atoms with van der Waals surface area (Å²) in [6, 6.07) is 14.5. The van der Waals surface area contributed by atoms with Crippen molar-refractivity contribution < 1.29 is 14.3 Å². The van der Waals surface area contributed by atoms with Crippen molar-refractivity contribution in [1.29, 1.82) is 0 Å². The lowest BCUT2D eigenvalue weighted by Gasteiger charge is -2.15. The van der Waals surface area contributed by atoms with E-state index in [4.69, 9.17) is 4.74 Å². The van der Waals surface area contributed by atoms with Gasteiger partial charge in [-0.1, -0.05) is 12.6 Å². The maximum Gasteiger partial charge on any atom is 0.243 e. The van der Waals surface area contributed by atoms with Crippen LogP contribution in [-0.2, 0) is 9.59 Å². The van der Waals surface area contributed by atoms with Crippen LogP contribution in [0.15, 0.2) is 60.7 Å². The second kappa shape index (κ2) is 9.43. The molecule has 0 saturated heterocycles. The molecular weight excluding hydrogens is 342 g/mol. The van der Waals surface area contributed by atoms with Crippen molar-refractivity contribution in [3.8, 4) is 5.75 Å². The van der Waals surface area contributed by atoms with E-state index in [1.807, 2.05) is 31.2 Å². The van der Waals surface area contributed by atoms with Crippen LogP contribution in [0.5, 0.6) is 5.75 Å². The Morgan fingerprint density at radius 3 is 2.41 bits per heavy atom. The third-order valence-corrected chi connectivity index (χ3v) is 3.78. The van der Waals surface area contributed by atoms with Crippen LogP contribution in [0, 0.1) is 0 Å². The highest BCUT2D eigenvalue weighted by Crippen LogP contribution is 2.19. The summed E-state index contributed by atoms with van der Waals surface area (Å²) in [7, 11) is 1.70. The van der Waals surface area contributed by atoms with Crippen LogP contribution in [0.4, 0.5) is 17.1 Å². The minimum atomic E-state index is -0.170. The molecule has 0 aliphatic rings. The summed E-state index contributed by atoms with van der Waals surface area (Å²) in [4.78, 5) is 25.0. The lowest BCUT2D eigenvalue weighted by Crippen LogP contribution is -2.23. The van der Waals surface area contributed by atoms with Gasteiger partial charge in [-0.15, -0.1) is 0 Å². The van der Waals surface area contributed by atoms with Crippen molar-refractivity contribution in [1.82, 2.24) is 0 Å². The van der Waals surface area contributed by atoms with Crippen LogP contribution in [0.3, 0.4) is 0 Å². The van der Waals surface area contributed by atoms with Crippen molar-refractivity contribution in [2.75, 3.05) is 35.7 Å². The van der Waals surface area contributed by atoms with Crippen molar-refractivity contribution >= 4 is 28.9 Å². The Kier molecular flexibility index (Phi) is 7.00. The van der Waals surface area contributed by atoms with Gasteiger partial charge in [-0.2, -0.15) is 0 Å². The predicted molar refractivity (Wildman–Crippen MR) is 109 cm³/mol. The molecule has 0 unspecified atom stereocenters. The van der Waals surface area contributed by atoms with Crippen molar-refractivity contribution in [2.45, 2.75) is 13.8 Å². The molecule has 0 bridgehead atoms. The SMILES string of the molecule is C=C(C)COc1cccc(NCC(=O)Nc2ccc(N(C)C(C)=O)cc2)c1. The maximum atomic E-state index is 12.1. The number of carbonyl (C=O) groups excluding carboxylic acids is 2. The molecule has 6 nitrogen and oxygen atoms in total. The molecule has 0 spiro atoms. The van der Waals surface area contributed by atoms with Gasteiger partial charge in [-0.3, -0.25) is 9.59 Å². The summed E-state index contributed by atoms with van der Waals surface area (Å²) >= 11 is 0. The fourth-order valence-corrected chi connectivity index (χ4v) is 2.24. The number of anilines is 3. The summed E-state index contributed by atoms with van der Waals surface area (Å²) < 4.78 is 5.59. The highest BCUT2D eigenvalue weighted by atomic mass is 16.5. The van der Waals surface area contributed by atoms with E-state index in [1.54, 1.807) is 31.3 Å². The third kappa shape index (κ3) is 6.51. The number of nitrogens with one attached hydrogen (secondary N) is 2. The first-order valence-corrected chi connectivity index (χ1v) is 8.60. The summed E-state index contributed by atoms with van der Waals surface area (Å²) in [5.74, 6) is 0.495. The molecule has 2 N–H and O–H groups in total. The number of benzene rings is 2. The monoisotopic (exact) mass is 367 g/mol. The lowest BCUT2D eigenvalue weighted by molar-refractivity contribution is -0.116. The topological polar surface area (TPSA) is 70.7 Å². The molecule has 0 saturated carbocycles. The normalized spacial score (nSPS) is 10.0. The number of carbonyl (C=O) groups is 2. The standard InChI is InChI=1S/C21H25N3O3/c1-15(2)14-27-20-7-5-6-18(12-20)22-13-21(26)23-17-8-10-19(11-9-17)24(4)16(3)25/h5-12,22H,1,13-14H2,2-4H3,(H,23,26). The molecule has 0 aliphatic heterocycles. The van der Waals surface area contributed by atoms with Gasteiger partial charge in [0.05, 0.1) is 6.54 Å². The van der Waals surface area contributed by atoms with Crippen LogP contribution in [0.1, 0.15) is 13.8 Å². The van der Waals surface area contributed by atoms with E-state index in [-0.39, 0.29) is 18.4 Å². The smallest absolute Gasteiger partial charge is 0.243 e. The molecule has 0 radical (unpaired) electrons. The van der Waals surface area contributed by atoms with E-state index in [0.717, 1.165) is 16.9 Å². The Labute approximate surface area is 159 Å². The summed E-state index contributed by atoms with van der Waals surface area (Å²) in [5.41, 5.74) is 3.17. The van der Waals surface area contributed by atoms with E-state index in [1.165, 1.54) is 11.8 Å². The number of hydrogen-bond acceptors (Lipinski definition) is 4.